The molecule has 0 saturated heterocycles. The SMILES string of the molecule is CCc1cc(C(=O)NCCS(N)(=O)=O)cc(NN)n1. The Labute approximate surface area is 111 Å². The largest absolute Gasteiger partial charge is 0.351 e. The van der Waals surface area contributed by atoms with Crippen molar-refractivity contribution in [1.29, 1.82) is 0 Å². The first-order valence-electron chi connectivity index (χ1n) is 5.62. The van der Waals surface area contributed by atoms with E-state index in [9.17, 15) is 13.2 Å². The summed E-state index contributed by atoms with van der Waals surface area (Å²) in [5.41, 5.74) is 3.43. The van der Waals surface area contributed by atoms with E-state index in [2.05, 4.69) is 15.7 Å². The van der Waals surface area contributed by atoms with Gasteiger partial charge in [0.2, 0.25) is 10.0 Å². The molecule has 1 heterocycles. The van der Waals surface area contributed by atoms with Crippen molar-refractivity contribution in [2.24, 2.45) is 11.0 Å². The van der Waals surface area contributed by atoms with Gasteiger partial charge < -0.3 is 10.7 Å². The van der Waals surface area contributed by atoms with Crippen LogP contribution in [0.4, 0.5) is 5.82 Å². The molecule has 0 radical (unpaired) electrons. The van der Waals surface area contributed by atoms with E-state index >= 15 is 0 Å². The summed E-state index contributed by atoms with van der Waals surface area (Å²) in [4.78, 5) is 16.0. The molecule has 0 spiro atoms. The molecule has 0 saturated carbocycles. The zero-order chi connectivity index (χ0) is 14.5. The summed E-state index contributed by atoms with van der Waals surface area (Å²) in [6.45, 7) is 1.85. The first-order chi connectivity index (χ1) is 8.85. The van der Waals surface area contributed by atoms with E-state index in [4.69, 9.17) is 11.0 Å². The van der Waals surface area contributed by atoms with Crippen LogP contribution in [0.5, 0.6) is 0 Å². The number of aromatic nitrogens is 1. The van der Waals surface area contributed by atoms with Gasteiger partial charge in [-0.2, -0.15) is 0 Å². The third-order valence-electron chi connectivity index (χ3n) is 2.32. The second kappa shape index (κ2) is 6.45. The molecule has 1 aromatic heterocycles. The number of hydrogen-bond acceptors (Lipinski definition) is 6. The molecule has 0 fully saturated rings. The smallest absolute Gasteiger partial charge is 0.251 e. The van der Waals surface area contributed by atoms with Crippen LogP contribution in [-0.4, -0.2) is 31.6 Å². The first-order valence-corrected chi connectivity index (χ1v) is 7.33. The van der Waals surface area contributed by atoms with Gasteiger partial charge >= 0.3 is 0 Å². The van der Waals surface area contributed by atoms with Crippen molar-refractivity contribution in [3.05, 3.63) is 23.4 Å². The summed E-state index contributed by atoms with van der Waals surface area (Å²) < 4.78 is 21.5. The molecule has 9 heteroatoms. The van der Waals surface area contributed by atoms with Crippen LogP contribution < -0.4 is 21.7 Å². The van der Waals surface area contributed by atoms with Gasteiger partial charge in [0.1, 0.15) is 5.82 Å². The van der Waals surface area contributed by atoms with Gasteiger partial charge in [0.15, 0.2) is 0 Å². The number of sulfonamides is 1. The number of hydrazine groups is 1. The Morgan fingerprint density at radius 3 is 2.63 bits per heavy atom. The molecule has 0 bridgehead atoms. The second-order valence-electron chi connectivity index (χ2n) is 3.85. The average Bonchev–Trinajstić information content (AvgIpc) is 2.36. The van der Waals surface area contributed by atoms with E-state index in [-0.39, 0.29) is 12.3 Å². The minimum absolute atomic E-state index is 0.0488. The summed E-state index contributed by atoms with van der Waals surface area (Å²) in [6, 6.07) is 3.10. The number of primary sulfonamides is 1. The Hall–Kier alpha value is -1.71. The van der Waals surface area contributed by atoms with Crippen LogP contribution in [0, 0.1) is 0 Å². The monoisotopic (exact) mass is 287 g/mol. The van der Waals surface area contributed by atoms with Gasteiger partial charge in [-0.1, -0.05) is 6.92 Å². The van der Waals surface area contributed by atoms with E-state index < -0.39 is 15.9 Å². The molecule has 0 aliphatic heterocycles. The van der Waals surface area contributed by atoms with Gasteiger partial charge in [0.05, 0.1) is 5.75 Å². The molecule has 0 aliphatic rings. The van der Waals surface area contributed by atoms with Crippen molar-refractivity contribution in [1.82, 2.24) is 10.3 Å². The van der Waals surface area contributed by atoms with Crippen LogP contribution in [0.1, 0.15) is 23.0 Å². The van der Waals surface area contributed by atoms with Gasteiger partial charge in [-0.25, -0.2) is 24.4 Å². The van der Waals surface area contributed by atoms with Crippen LogP contribution in [0.2, 0.25) is 0 Å². The Bertz CT molecular complexity index is 536. The number of carbonyl (C=O) groups excluding carboxylic acids is 1. The number of nitrogens with two attached hydrogens (primary N) is 2. The standard InChI is InChI=1S/C10H17N5O3S/c1-2-8-5-7(6-9(14-8)15-11)10(16)13-3-4-19(12,17)18/h5-6H,2-4,11H2,1H3,(H,13,16)(H,14,15)(H2,12,17,18). The summed E-state index contributed by atoms with van der Waals surface area (Å²) in [5, 5.41) is 7.30. The zero-order valence-corrected chi connectivity index (χ0v) is 11.3. The predicted molar refractivity (Wildman–Crippen MR) is 71.7 cm³/mol. The van der Waals surface area contributed by atoms with Crippen molar-refractivity contribution in [2.45, 2.75) is 13.3 Å². The van der Waals surface area contributed by atoms with E-state index in [1.165, 1.54) is 6.07 Å². The number of carbonyl (C=O) groups is 1. The van der Waals surface area contributed by atoms with Crippen molar-refractivity contribution < 1.29 is 13.2 Å². The Morgan fingerprint density at radius 1 is 1.42 bits per heavy atom. The number of amides is 1. The molecule has 6 N–H and O–H groups in total. The molecule has 0 unspecified atom stereocenters. The third kappa shape index (κ3) is 5.20. The molecule has 19 heavy (non-hydrogen) atoms. The van der Waals surface area contributed by atoms with Gasteiger partial charge in [-0.15, -0.1) is 0 Å². The maximum Gasteiger partial charge on any atom is 0.251 e. The molecule has 1 aromatic rings. The highest BCUT2D eigenvalue weighted by molar-refractivity contribution is 7.89. The van der Waals surface area contributed by atoms with Gasteiger partial charge in [0.25, 0.3) is 5.91 Å². The summed E-state index contributed by atoms with van der Waals surface area (Å²) in [7, 11) is -3.59. The highest BCUT2D eigenvalue weighted by Crippen LogP contribution is 2.10. The highest BCUT2D eigenvalue weighted by Gasteiger charge is 2.10. The van der Waals surface area contributed by atoms with Crippen molar-refractivity contribution in [2.75, 3.05) is 17.7 Å². The summed E-state index contributed by atoms with van der Waals surface area (Å²) in [5.74, 6) is 4.91. The number of nitrogens with one attached hydrogen (secondary N) is 2. The minimum Gasteiger partial charge on any atom is -0.351 e. The highest BCUT2D eigenvalue weighted by atomic mass is 32.2. The number of nitrogen functional groups attached to an aromatic ring is 1. The Morgan fingerprint density at radius 2 is 2.11 bits per heavy atom. The summed E-state index contributed by atoms with van der Waals surface area (Å²) >= 11 is 0. The van der Waals surface area contributed by atoms with Crippen molar-refractivity contribution in [3.63, 3.8) is 0 Å². The van der Waals surface area contributed by atoms with Crippen LogP contribution in [-0.2, 0) is 16.4 Å². The van der Waals surface area contributed by atoms with E-state index in [0.29, 0.717) is 23.5 Å². The first kappa shape index (κ1) is 15.3. The van der Waals surface area contributed by atoms with E-state index in [1.54, 1.807) is 6.07 Å². The van der Waals surface area contributed by atoms with Gasteiger partial charge in [-0.3, -0.25) is 4.79 Å². The predicted octanol–water partition coefficient (Wildman–Crippen LogP) is -1.05. The molecule has 106 valence electrons. The normalized spacial score (nSPS) is 11.1. The fourth-order valence-electron chi connectivity index (χ4n) is 1.38. The topological polar surface area (TPSA) is 140 Å². The average molecular weight is 287 g/mol. The second-order valence-corrected chi connectivity index (χ2v) is 5.59. The fourth-order valence-corrected chi connectivity index (χ4v) is 1.77. The lowest BCUT2D eigenvalue weighted by Gasteiger charge is -2.08. The van der Waals surface area contributed by atoms with E-state index in [0.717, 1.165) is 0 Å². The molecule has 0 aliphatic carbocycles. The number of aryl methyl sites for hydroxylation is 1. The van der Waals surface area contributed by atoms with Crippen LogP contribution in [0.15, 0.2) is 12.1 Å². The number of anilines is 1. The quantitative estimate of drug-likeness (QED) is 0.388. The molecular weight excluding hydrogens is 270 g/mol. The lowest BCUT2D eigenvalue weighted by molar-refractivity contribution is 0.0956. The van der Waals surface area contributed by atoms with Crippen LogP contribution in [0.3, 0.4) is 0 Å². The molecule has 8 nitrogen and oxygen atoms in total. The number of hydrogen-bond donors (Lipinski definition) is 4. The number of rotatable bonds is 6. The van der Waals surface area contributed by atoms with Crippen LogP contribution >= 0.6 is 0 Å². The van der Waals surface area contributed by atoms with Gasteiger partial charge in [0, 0.05) is 17.8 Å². The fraction of sp³-hybridized carbons (Fsp3) is 0.400. The number of pyridine rings is 1. The molecular formula is C10H17N5O3S. The van der Waals surface area contributed by atoms with Crippen molar-refractivity contribution in [3.8, 4) is 0 Å². The minimum atomic E-state index is -3.59. The van der Waals surface area contributed by atoms with E-state index in [1.807, 2.05) is 6.92 Å². The molecule has 0 aromatic carbocycles. The number of nitrogens with zero attached hydrogens (tertiary/aromatic N) is 1. The molecule has 0 atom stereocenters. The third-order valence-corrected chi connectivity index (χ3v) is 3.10. The maximum absolute atomic E-state index is 11.8. The molecule has 1 amide bonds. The lowest BCUT2D eigenvalue weighted by atomic mass is 10.2. The maximum atomic E-state index is 11.8. The van der Waals surface area contributed by atoms with Crippen molar-refractivity contribution >= 4 is 21.7 Å². The Kier molecular flexibility index (Phi) is 5.21. The summed E-state index contributed by atoms with van der Waals surface area (Å²) in [6.07, 6.45) is 0.646. The van der Waals surface area contributed by atoms with Gasteiger partial charge in [-0.05, 0) is 18.6 Å². The lowest BCUT2D eigenvalue weighted by Crippen LogP contribution is -2.31. The molecule has 1 rings (SSSR count). The zero-order valence-electron chi connectivity index (χ0n) is 10.5. The van der Waals surface area contributed by atoms with Crippen LogP contribution in [0.25, 0.3) is 0 Å². The Balaban J connectivity index is 2.76.